The van der Waals surface area contributed by atoms with Gasteiger partial charge in [-0.3, -0.25) is 0 Å². The molecule has 0 radical (unpaired) electrons. The Morgan fingerprint density at radius 2 is 1.08 bits per heavy atom. The molecule has 26 heavy (non-hydrogen) atoms. The number of halogens is 2. The van der Waals surface area contributed by atoms with Crippen LogP contribution < -0.4 is 9.18 Å². The first-order chi connectivity index (χ1) is 12.5. The zero-order valence-corrected chi connectivity index (χ0v) is 20.4. The number of hydrogen-bond donors (Lipinski definition) is 0. The van der Waals surface area contributed by atoms with E-state index in [4.69, 9.17) is 9.97 Å². The van der Waals surface area contributed by atoms with Gasteiger partial charge in [-0.25, -0.2) is 0 Å². The summed E-state index contributed by atoms with van der Waals surface area (Å²) in [5.41, 5.74) is 2.00. The topological polar surface area (TPSA) is 51.6 Å². The number of aromatic nitrogens is 4. The van der Waals surface area contributed by atoms with E-state index < -0.39 is 0 Å². The molecule has 0 unspecified atom stereocenters. The van der Waals surface area contributed by atoms with Gasteiger partial charge in [-0.15, -0.1) is 0 Å². The fraction of sp³-hybridized carbons (Fsp3) is 0.111. The van der Waals surface area contributed by atoms with Gasteiger partial charge >= 0.3 is 180 Å². The van der Waals surface area contributed by atoms with Gasteiger partial charge in [0.1, 0.15) is 0 Å². The third-order valence-electron chi connectivity index (χ3n) is 3.67. The van der Waals surface area contributed by atoms with Gasteiger partial charge in [-0.05, 0) is 0 Å². The van der Waals surface area contributed by atoms with Crippen LogP contribution >= 0.6 is 31.9 Å². The second-order valence-electron chi connectivity index (χ2n) is 5.64. The average Bonchev–Trinajstić information content (AvgIpc) is 2.60. The number of benzene rings is 2. The molecule has 130 valence electrons. The van der Waals surface area contributed by atoms with Crippen molar-refractivity contribution in [3.8, 4) is 0 Å². The predicted molar refractivity (Wildman–Crippen MR) is 115 cm³/mol. The molecule has 0 aliphatic heterocycles. The minimum atomic E-state index is 0.204. The Labute approximate surface area is 178 Å². The SMILES string of the molecule is Cc1nc([Se][Se]c2nc(C)nc3ccc(Br)cc23)c2cc(Br)ccc2n1. The summed E-state index contributed by atoms with van der Waals surface area (Å²) in [6.45, 7) is 3.91. The first-order valence-corrected chi connectivity index (χ1v) is 15.4. The molecule has 0 saturated carbocycles. The van der Waals surface area contributed by atoms with E-state index in [-0.39, 0.29) is 26.3 Å². The summed E-state index contributed by atoms with van der Waals surface area (Å²) < 4.78 is 4.38. The van der Waals surface area contributed by atoms with Crippen LogP contribution in [0.4, 0.5) is 0 Å². The molecule has 0 bridgehead atoms. The van der Waals surface area contributed by atoms with Crippen molar-refractivity contribution in [2.24, 2.45) is 0 Å². The molecule has 2 aromatic heterocycles. The van der Waals surface area contributed by atoms with E-state index in [9.17, 15) is 0 Å². The van der Waals surface area contributed by atoms with Gasteiger partial charge in [0.2, 0.25) is 0 Å². The maximum absolute atomic E-state index is 4.74. The normalized spacial score (nSPS) is 11.4. The van der Waals surface area contributed by atoms with Gasteiger partial charge in [0.05, 0.1) is 0 Å². The molecule has 0 spiro atoms. The van der Waals surface area contributed by atoms with Crippen molar-refractivity contribution in [2.75, 3.05) is 0 Å². The fourth-order valence-electron chi connectivity index (χ4n) is 2.57. The Bertz CT molecular complexity index is 1060. The Morgan fingerprint density at radius 1 is 0.654 bits per heavy atom. The van der Waals surface area contributed by atoms with E-state index in [1.165, 1.54) is 0 Å². The molecule has 4 rings (SSSR count). The molecular formula is C18H12Br2N4Se2. The Balaban J connectivity index is 1.76. The molecule has 0 saturated heterocycles. The third kappa shape index (κ3) is 3.86. The molecule has 4 aromatic rings. The number of aryl methyl sites for hydroxylation is 2. The van der Waals surface area contributed by atoms with E-state index in [1.54, 1.807) is 0 Å². The molecule has 8 heteroatoms. The van der Waals surface area contributed by atoms with Crippen LogP contribution in [-0.4, -0.2) is 46.2 Å². The zero-order valence-electron chi connectivity index (χ0n) is 13.8. The van der Waals surface area contributed by atoms with Crippen molar-refractivity contribution < 1.29 is 0 Å². The number of rotatable bonds is 3. The summed E-state index contributed by atoms with van der Waals surface area (Å²) in [6.07, 6.45) is 0. The van der Waals surface area contributed by atoms with Crippen molar-refractivity contribution in [2.45, 2.75) is 13.8 Å². The van der Waals surface area contributed by atoms with Crippen LogP contribution in [0.25, 0.3) is 21.8 Å². The molecule has 2 aromatic carbocycles. The second kappa shape index (κ2) is 7.62. The van der Waals surface area contributed by atoms with Gasteiger partial charge in [0, 0.05) is 0 Å². The third-order valence-corrected chi connectivity index (χ3v) is 11.1. The molecule has 2 heterocycles. The predicted octanol–water partition coefficient (Wildman–Crippen LogP) is 2.99. The molecule has 0 fully saturated rings. The van der Waals surface area contributed by atoms with Crippen molar-refractivity contribution in [1.82, 2.24) is 19.9 Å². The summed E-state index contributed by atoms with van der Waals surface area (Å²) in [5, 5.41) is 2.26. The van der Waals surface area contributed by atoms with Crippen LogP contribution in [-0.2, 0) is 0 Å². The summed E-state index contributed by atoms with van der Waals surface area (Å²) in [7, 11) is 0. The molecule has 0 N–H and O–H groups in total. The number of hydrogen-bond acceptors (Lipinski definition) is 4. The maximum atomic E-state index is 4.74. The van der Waals surface area contributed by atoms with Crippen molar-refractivity contribution in [3.63, 3.8) is 0 Å². The quantitative estimate of drug-likeness (QED) is 0.339. The van der Waals surface area contributed by atoms with Crippen molar-refractivity contribution in [3.05, 3.63) is 57.0 Å². The van der Waals surface area contributed by atoms with Gasteiger partial charge in [-0.2, -0.15) is 0 Å². The molecular weight excluding hydrogens is 590 g/mol. The van der Waals surface area contributed by atoms with Crippen LogP contribution in [0.15, 0.2) is 45.3 Å². The van der Waals surface area contributed by atoms with Gasteiger partial charge in [-0.1, -0.05) is 0 Å². The van der Waals surface area contributed by atoms with Crippen molar-refractivity contribution >= 4 is 89.1 Å². The minimum absolute atomic E-state index is 0.204. The Hall–Kier alpha value is -0.881. The average molecular weight is 602 g/mol. The van der Waals surface area contributed by atoms with E-state index in [0.29, 0.717) is 0 Å². The Morgan fingerprint density at radius 3 is 1.50 bits per heavy atom. The first kappa shape index (κ1) is 18.5. The van der Waals surface area contributed by atoms with Crippen LogP contribution in [0.2, 0.25) is 0 Å². The number of fused-ring (bicyclic) bond motifs is 2. The van der Waals surface area contributed by atoms with Gasteiger partial charge in [0.15, 0.2) is 0 Å². The summed E-state index contributed by atoms with van der Waals surface area (Å²) in [5.74, 6) is 1.64. The van der Waals surface area contributed by atoms with E-state index in [1.807, 2.05) is 38.1 Å². The molecule has 0 atom stereocenters. The summed E-state index contributed by atoms with van der Waals surface area (Å²) in [6, 6.07) is 12.4. The number of nitrogens with zero attached hydrogens (tertiary/aromatic N) is 4. The van der Waals surface area contributed by atoms with Crippen LogP contribution in [0.3, 0.4) is 0 Å². The molecule has 0 amide bonds. The standard InChI is InChI=1S/C18H12Br2N4Se2/c1-9-21-15-5-3-11(19)7-13(15)17(23-9)25-26-18-14-8-12(20)4-6-16(14)22-10(2)24-18/h3-8H,1-2H3. The fourth-order valence-corrected chi connectivity index (χ4v) is 9.89. The van der Waals surface area contributed by atoms with Gasteiger partial charge < -0.3 is 0 Å². The molecule has 0 aliphatic rings. The first-order valence-electron chi connectivity index (χ1n) is 7.72. The second-order valence-corrected chi connectivity index (χ2v) is 13.4. The van der Waals surface area contributed by atoms with Gasteiger partial charge in [0.25, 0.3) is 0 Å². The van der Waals surface area contributed by atoms with Crippen LogP contribution in [0.5, 0.6) is 0 Å². The zero-order chi connectivity index (χ0) is 18.3. The molecule has 0 aliphatic carbocycles. The molecule has 4 nitrogen and oxygen atoms in total. The van der Waals surface area contributed by atoms with E-state index in [0.717, 1.165) is 51.6 Å². The monoisotopic (exact) mass is 602 g/mol. The summed E-state index contributed by atoms with van der Waals surface area (Å²) in [4.78, 5) is 18.6. The van der Waals surface area contributed by atoms with E-state index in [2.05, 4.69) is 54.0 Å². The van der Waals surface area contributed by atoms with Crippen molar-refractivity contribution in [1.29, 1.82) is 0 Å². The van der Waals surface area contributed by atoms with Crippen LogP contribution in [0, 0.1) is 13.8 Å². The van der Waals surface area contributed by atoms with E-state index >= 15 is 0 Å². The Kier molecular flexibility index (Phi) is 5.42. The summed E-state index contributed by atoms with van der Waals surface area (Å²) >= 11 is 7.53. The van der Waals surface area contributed by atoms with Crippen LogP contribution in [0.1, 0.15) is 11.6 Å².